The largest absolute Gasteiger partial charge is 1.00 e. The Morgan fingerprint density at radius 1 is 1.25 bits per heavy atom. The number of nitrogens with one attached hydrogen (secondary N) is 1. The summed E-state index contributed by atoms with van der Waals surface area (Å²) in [5.74, 6) is -1.39. The monoisotopic (exact) mass is 357 g/mol. The molecule has 0 saturated carbocycles. The van der Waals surface area contributed by atoms with Crippen LogP contribution >= 0.6 is 11.6 Å². The van der Waals surface area contributed by atoms with Crippen LogP contribution in [0.5, 0.6) is 11.5 Å². The van der Waals surface area contributed by atoms with Gasteiger partial charge in [-0.15, -0.1) is 0 Å². The minimum absolute atomic E-state index is 0. The first-order chi connectivity index (χ1) is 10.8. The molecule has 0 aliphatic carbocycles. The molecule has 0 saturated heterocycles. The number of ether oxygens (including phenoxy) is 1. The average molecular weight is 358 g/mol. The Kier molecular flexibility index (Phi) is 7.42. The Balaban J connectivity index is 0.00000288. The van der Waals surface area contributed by atoms with Gasteiger partial charge in [-0.25, -0.2) is 0 Å². The Morgan fingerprint density at radius 2 is 1.88 bits per heavy atom. The molecule has 0 unspecified atom stereocenters. The van der Waals surface area contributed by atoms with Gasteiger partial charge in [-0.05, 0) is 55.8 Å². The molecule has 0 radical (unpaired) electrons. The molecule has 7 heteroatoms. The van der Waals surface area contributed by atoms with E-state index in [1.54, 1.807) is 18.2 Å². The van der Waals surface area contributed by atoms with E-state index in [1.807, 2.05) is 12.1 Å². The number of carboxylic acid groups (broad SMARTS) is 1. The predicted octanol–water partition coefficient (Wildman–Crippen LogP) is -0.431. The topological polar surface area (TPSA) is 81.6 Å². The molecule has 0 spiro atoms. The van der Waals surface area contributed by atoms with Crippen molar-refractivity contribution in [2.24, 2.45) is 0 Å². The fourth-order valence-corrected chi connectivity index (χ4v) is 1.97. The number of anilines is 1. The number of rotatable bonds is 6. The molecule has 0 aliphatic rings. The van der Waals surface area contributed by atoms with Gasteiger partial charge in [0.1, 0.15) is 5.60 Å². The molecule has 0 aliphatic heterocycles. The van der Waals surface area contributed by atoms with E-state index in [9.17, 15) is 15.0 Å². The number of halogens is 1. The zero-order valence-electron chi connectivity index (χ0n) is 13.8. The van der Waals surface area contributed by atoms with Gasteiger partial charge >= 0.3 is 29.6 Å². The van der Waals surface area contributed by atoms with Gasteiger partial charge in [0.25, 0.3) is 0 Å². The third-order valence-corrected chi connectivity index (χ3v) is 3.47. The maximum absolute atomic E-state index is 10.9. The third kappa shape index (κ3) is 5.60. The van der Waals surface area contributed by atoms with E-state index in [0.29, 0.717) is 11.6 Å². The van der Waals surface area contributed by atoms with Crippen LogP contribution in [-0.4, -0.2) is 16.7 Å². The van der Waals surface area contributed by atoms with Crippen molar-refractivity contribution in [2.75, 3.05) is 5.32 Å². The number of aliphatic carboxylic acids is 1. The Hall–Kier alpha value is -1.40. The number of hydrogen-bond acceptors (Lipinski definition) is 5. The molecule has 2 N–H and O–H groups in total. The van der Waals surface area contributed by atoms with Crippen LogP contribution in [-0.2, 0) is 11.3 Å². The number of phenolic OH excluding ortho intramolecular Hbond substituents is 1. The number of benzene rings is 2. The smallest absolute Gasteiger partial charge is 0.546 e. The standard InChI is InChI=1S/C17H18ClNO4.Na/c1-17(2,16(21)22)23-15-8-3-11(9-14(15)20)10-19-13-6-4-12(18)5-7-13;/h3-9,19-20H,10H2,1-2H3,(H,21,22);/q;+1/p-1. The minimum atomic E-state index is -1.53. The SMILES string of the molecule is CC(C)(Oc1ccc(CNc2ccc(Cl)cc2)cc1O)C(=O)[O-].[Na+]. The predicted molar refractivity (Wildman–Crippen MR) is 86.6 cm³/mol. The molecule has 0 atom stereocenters. The normalized spacial score (nSPS) is 10.6. The number of aromatic hydroxyl groups is 1. The summed E-state index contributed by atoms with van der Waals surface area (Å²) >= 11 is 5.82. The number of carboxylic acids is 1. The number of phenols is 1. The molecule has 0 amide bonds. The summed E-state index contributed by atoms with van der Waals surface area (Å²) in [6.07, 6.45) is 0. The molecular formula is C17H17ClNNaO4. The molecule has 5 nitrogen and oxygen atoms in total. The van der Waals surface area contributed by atoms with E-state index in [1.165, 1.54) is 26.0 Å². The van der Waals surface area contributed by atoms with Gasteiger partial charge in [0.05, 0.1) is 5.97 Å². The summed E-state index contributed by atoms with van der Waals surface area (Å²) in [4.78, 5) is 10.9. The van der Waals surface area contributed by atoms with Gasteiger partial charge in [0, 0.05) is 17.3 Å². The van der Waals surface area contributed by atoms with Crippen molar-refractivity contribution in [3.8, 4) is 11.5 Å². The molecule has 122 valence electrons. The Morgan fingerprint density at radius 3 is 2.42 bits per heavy atom. The molecule has 24 heavy (non-hydrogen) atoms. The van der Waals surface area contributed by atoms with Gasteiger partial charge < -0.3 is 25.1 Å². The zero-order chi connectivity index (χ0) is 17.0. The van der Waals surface area contributed by atoms with E-state index in [2.05, 4.69) is 5.32 Å². The van der Waals surface area contributed by atoms with Gasteiger partial charge in [-0.2, -0.15) is 0 Å². The van der Waals surface area contributed by atoms with E-state index < -0.39 is 11.6 Å². The van der Waals surface area contributed by atoms with E-state index >= 15 is 0 Å². The molecule has 2 rings (SSSR count). The fourth-order valence-electron chi connectivity index (χ4n) is 1.85. The van der Waals surface area contributed by atoms with Crippen molar-refractivity contribution in [1.29, 1.82) is 0 Å². The third-order valence-electron chi connectivity index (χ3n) is 3.22. The first-order valence-corrected chi connectivity index (χ1v) is 7.37. The van der Waals surface area contributed by atoms with Gasteiger partial charge in [-0.1, -0.05) is 17.7 Å². The first kappa shape index (κ1) is 20.6. The average Bonchev–Trinajstić information content (AvgIpc) is 2.49. The summed E-state index contributed by atoms with van der Waals surface area (Å²) in [7, 11) is 0. The second-order valence-corrected chi connectivity index (χ2v) is 6.00. The van der Waals surface area contributed by atoms with Gasteiger partial charge in [0.2, 0.25) is 0 Å². The van der Waals surface area contributed by atoms with Crippen LogP contribution < -0.4 is 44.7 Å². The molecule has 0 aromatic heterocycles. The van der Waals surface area contributed by atoms with Crippen LogP contribution in [0.25, 0.3) is 0 Å². The Bertz CT molecular complexity index is 704. The maximum Gasteiger partial charge on any atom is 1.00 e. The summed E-state index contributed by atoms with van der Waals surface area (Å²) in [5, 5.41) is 24.8. The van der Waals surface area contributed by atoms with Crippen LogP contribution in [0.4, 0.5) is 5.69 Å². The van der Waals surface area contributed by atoms with Crippen LogP contribution in [0.1, 0.15) is 19.4 Å². The van der Waals surface area contributed by atoms with Gasteiger partial charge in [0.15, 0.2) is 11.5 Å². The minimum Gasteiger partial charge on any atom is -0.546 e. The number of hydrogen-bond donors (Lipinski definition) is 2. The summed E-state index contributed by atoms with van der Waals surface area (Å²) in [6, 6.07) is 12.0. The second kappa shape index (κ2) is 8.62. The number of carbonyl (C=O) groups excluding carboxylic acids is 1. The molecule has 0 bridgehead atoms. The first-order valence-electron chi connectivity index (χ1n) is 7.00. The zero-order valence-corrected chi connectivity index (χ0v) is 16.6. The van der Waals surface area contributed by atoms with Crippen molar-refractivity contribution in [3.63, 3.8) is 0 Å². The maximum atomic E-state index is 10.9. The van der Waals surface area contributed by atoms with Crippen LogP contribution in [0.3, 0.4) is 0 Å². The van der Waals surface area contributed by atoms with Crippen LogP contribution in [0, 0.1) is 0 Å². The van der Waals surface area contributed by atoms with Crippen molar-refractivity contribution in [1.82, 2.24) is 0 Å². The van der Waals surface area contributed by atoms with E-state index in [-0.39, 0.29) is 41.1 Å². The quantitative estimate of drug-likeness (QED) is 0.686. The van der Waals surface area contributed by atoms with Gasteiger partial charge in [-0.3, -0.25) is 0 Å². The number of carbonyl (C=O) groups is 1. The fraction of sp³-hybridized carbons (Fsp3) is 0.235. The van der Waals surface area contributed by atoms with Crippen molar-refractivity contribution >= 4 is 23.3 Å². The van der Waals surface area contributed by atoms with Crippen molar-refractivity contribution < 1.29 is 49.3 Å². The van der Waals surface area contributed by atoms with Crippen LogP contribution in [0.2, 0.25) is 5.02 Å². The molecular weight excluding hydrogens is 341 g/mol. The summed E-state index contributed by atoms with van der Waals surface area (Å²) in [5.41, 5.74) is 0.184. The van der Waals surface area contributed by atoms with E-state index in [0.717, 1.165) is 11.3 Å². The van der Waals surface area contributed by atoms with E-state index in [4.69, 9.17) is 16.3 Å². The van der Waals surface area contributed by atoms with Crippen LogP contribution in [0.15, 0.2) is 42.5 Å². The molecule has 0 heterocycles. The second-order valence-electron chi connectivity index (χ2n) is 5.56. The van der Waals surface area contributed by atoms with Crippen molar-refractivity contribution in [3.05, 3.63) is 53.1 Å². The molecule has 2 aromatic rings. The summed E-state index contributed by atoms with van der Waals surface area (Å²) in [6.45, 7) is 3.20. The Labute approximate surface area is 167 Å². The summed E-state index contributed by atoms with van der Waals surface area (Å²) < 4.78 is 5.28. The molecule has 2 aromatic carbocycles. The van der Waals surface area contributed by atoms with Crippen molar-refractivity contribution in [2.45, 2.75) is 26.0 Å². The molecule has 0 fully saturated rings.